The summed E-state index contributed by atoms with van der Waals surface area (Å²) in [6.07, 6.45) is 2.47. The first-order valence-corrected chi connectivity index (χ1v) is 10.6. The molecule has 5 nitrogen and oxygen atoms in total. The molecule has 1 aliphatic rings. The summed E-state index contributed by atoms with van der Waals surface area (Å²) in [5.41, 5.74) is 4.27. The number of rotatable bonds is 5. The molecule has 1 aromatic heterocycles. The van der Waals surface area contributed by atoms with Crippen LogP contribution in [0.5, 0.6) is 0 Å². The molecule has 0 saturated carbocycles. The van der Waals surface area contributed by atoms with Crippen molar-refractivity contribution >= 4 is 40.2 Å². The van der Waals surface area contributed by atoms with E-state index in [1.54, 1.807) is 30.3 Å². The van der Waals surface area contributed by atoms with Gasteiger partial charge >= 0.3 is 0 Å². The third-order valence-electron chi connectivity index (χ3n) is 5.08. The summed E-state index contributed by atoms with van der Waals surface area (Å²) in [5.74, 6) is -0.316. The molecule has 2 N–H and O–H groups in total. The van der Waals surface area contributed by atoms with Crippen molar-refractivity contribution in [3.05, 3.63) is 76.0 Å². The molecule has 2 amide bonds. The number of anilines is 3. The lowest BCUT2D eigenvalue weighted by Gasteiger charge is -2.19. The summed E-state index contributed by atoms with van der Waals surface area (Å²) in [5, 5.41) is 7.68. The molecule has 2 aromatic carbocycles. The summed E-state index contributed by atoms with van der Waals surface area (Å²) in [4.78, 5) is 27.8. The summed E-state index contributed by atoms with van der Waals surface area (Å²) in [7, 11) is 0. The van der Waals surface area contributed by atoms with Crippen LogP contribution < -0.4 is 15.5 Å². The van der Waals surface area contributed by atoms with Gasteiger partial charge in [-0.3, -0.25) is 9.59 Å². The smallest absolute Gasteiger partial charge is 0.265 e. The molecule has 148 valence electrons. The molecule has 29 heavy (non-hydrogen) atoms. The first kappa shape index (κ1) is 19.2. The molecular formula is C23H23N3O2S. The minimum absolute atomic E-state index is 0.147. The van der Waals surface area contributed by atoms with Crippen LogP contribution in [-0.4, -0.2) is 24.9 Å². The van der Waals surface area contributed by atoms with E-state index < -0.39 is 0 Å². The van der Waals surface area contributed by atoms with Crippen LogP contribution in [-0.2, 0) is 0 Å². The lowest BCUT2D eigenvalue weighted by molar-refractivity contribution is 0.102. The SMILES string of the molecule is Cc1cc(N2CCCC2)ccc1NC(=O)c1ccc(NC(=O)c2cccs2)cc1. The average Bonchev–Trinajstić information content (AvgIpc) is 3.44. The number of carbonyl (C=O) groups excluding carboxylic acids is 2. The first-order chi connectivity index (χ1) is 14.1. The van der Waals surface area contributed by atoms with E-state index in [1.165, 1.54) is 29.9 Å². The second kappa shape index (κ2) is 8.49. The van der Waals surface area contributed by atoms with E-state index in [2.05, 4.69) is 27.7 Å². The Morgan fingerprint density at radius 2 is 1.69 bits per heavy atom. The zero-order valence-corrected chi connectivity index (χ0v) is 17.1. The Morgan fingerprint density at radius 3 is 2.34 bits per heavy atom. The van der Waals surface area contributed by atoms with Gasteiger partial charge in [-0.15, -0.1) is 11.3 Å². The second-order valence-corrected chi connectivity index (χ2v) is 8.10. The molecule has 0 atom stereocenters. The Kier molecular flexibility index (Phi) is 5.62. The van der Waals surface area contributed by atoms with E-state index in [1.807, 2.05) is 24.4 Å². The number of benzene rings is 2. The molecule has 1 fully saturated rings. The molecule has 2 heterocycles. The van der Waals surface area contributed by atoms with Gasteiger partial charge in [0.25, 0.3) is 11.8 Å². The van der Waals surface area contributed by atoms with Crippen LogP contribution in [0.1, 0.15) is 38.4 Å². The van der Waals surface area contributed by atoms with Crippen LogP contribution in [0.4, 0.5) is 17.1 Å². The van der Waals surface area contributed by atoms with Gasteiger partial charge < -0.3 is 15.5 Å². The van der Waals surface area contributed by atoms with Crippen molar-refractivity contribution in [1.29, 1.82) is 0 Å². The minimum Gasteiger partial charge on any atom is -0.372 e. The lowest BCUT2D eigenvalue weighted by atomic mass is 10.1. The van der Waals surface area contributed by atoms with Gasteiger partial charge in [0.2, 0.25) is 0 Å². The molecule has 0 aliphatic carbocycles. The molecule has 6 heteroatoms. The highest BCUT2D eigenvalue weighted by Gasteiger charge is 2.14. The molecule has 0 spiro atoms. The van der Waals surface area contributed by atoms with Gasteiger partial charge in [0.05, 0.1) is 4.88 Å². The number of aryl methyl sites for hydroxylation is 1. The Morgan fingerprint density at radius 1 is 0.931 bits per heavy atom. The highest BCUT2D eigenvalue weighted by atomic mass is 32.1. The van der Waals surface area contributed by atoms with Crippen molar-refractivity contribution in [3.8, 4) is 0 Å². The van der Waals surface area contributed by atoms with Crippen LogP contribution in [0.25, 0.3) is 0 Å². The van der Waals surface area contributed by atoms with Crippen LogP contribution >= 0.6 is 11.3 Å². The molecule has 1 saturated heterocycles. The third-order valence-corrected chi connectivity index (χ3v) is 5.95. The van der Waals surface area contributed by atoms with Crippen molar-refractivity contribution in [2.45, 2.75) is 19.8 Å². The number of nitrogens with one attached hydrogen (secondary N) is 2. The summed E-state index contributed by atoms with van der Waals surface area (Å²) in [6, 6.07) is 16.7. The summed E-state index contributed by atoms with van der Waals surface area (Å²) < 4.78 is 0. The predicted octanol–water partition coefficient (Wildman–Crippen LogP) is 5.16. The highest BCUT2D eigenvalue weighted by Crippen LogP contribution is 2.26. The number of nitrogens with zero attached hydrogens (tertiary/aromatic N) is 1. The molecule has 4 rings (SSSR count). The zero-order chi connectivity index (χ0) is 20.2. The van der Waals surface area contributed by atoms with Crippen LogP contribution in [0.2, 0.25) is 0 Å². The van der Waals surface area contributed by atoms with Gasteiger partial charge in [-0.05, 0) is 79.2 Å². The quantitative estimate of drug-likeness (QED) is 0.616. The van der Waals surface area contributed by atoms with E-state index >= 15 is 0 Å². The standard InChI is InChI=1S/C23H23N3O2S/c1-16-15-19(26-12-2-3-13-26)10-11-20(16)25-22(27)17-6-8-18(9-7-17)24-23(28)21-5-4-14-29-21/h4-11,14-15H,2-3,12-13H2,1H3,(H,24,28)(H,25,27). The van der Waals surface area contributed by atoms with Crippen LogP contribution in [0.15, 0.2) is 60.0 Å². The number of hydrogen-bond acceptors (Lipinski definition) is 4. The second-order valence-electron chi connectivity index (χ2n) is 7.16. The predicted molar refractivity (Wildman–Crippen MR) is 119 cm³/mol. The molecular weight excluding hydrogens is 382 g/mol. The van der Waals surface area contributed by atoms with E-state index in [4.69, 9.17) is 0 Å². The maximum absolute atomic E-state index is 12.6. The maximum Gasteiger partial charge on any atom is 0.265 e. The highest BCUT2D eigenvalue weighted by molar-refractivity contribution is 7.12. The number of amides is 2. The van der Waals surface area contributed by atoms with Gasteiger partial charge in [0.15, 0.2) is 0 Å². The van der Waals surface area contributed by atoms with Crippen LogP contribution in [0, 0.1) is 6.92 Å². The van der Waals surface area contributed by atoms with Crippen molar-refractivity contribution in [1.82, 2.24) is 0 Å². The van der Waals surface area contributed by atoms with E-state index in [0.29, 0.717) is 16.1 Å². The minimum atomic E-state index is -0.168. The summed E-state index contributed by atoms with van der Waals surface area (Å²) >= 11 is 1.39. The maximum atomic E-state index is 12.6. The average molecular weight is 406 g/mol. The fraction of sp³-hybridized carbons (Fsp3) is 0.217. The van der Waals surface area contributed by atoms with Crippen molar-refractivity contribution in [3.63, 3.8) is 0 Å². The van der Waals surface area contributed by atoms with Crippen LogP contribution in [0.3, 0.4) is 0 Å². The fourth-order valence-electron chi connectivity index (χ4n) is 3.46. The van der Waals surface area contributed by atoms with E-state index in [0.717, 1.165) is 24.3 Å². The van der Waals surface area contributed by atoms with Crippen molar-refractivity contribution in [2.75, 3.05) is 28.6 Å². The molecule has 1 aliphatic heterocycles. The van der Waals surface area contributed by atoms with Gasteiger partial charge in [-0.2, -0.15) is 0 Å². The monoisotopic (exact) mass is 405 g/mol. The normalized spacial score (nSPS) is 13.3. The van der Waals surface area contributed by atoms with Gasteiger partial charge in [0.1, 0.15) is 0 Å². The number of thiophene rings is 1. The zero-order valence-electron chi connectivity index (χ0n) is 16.3. The first-order valence-electron chi connectivity index (χ1n) is 9.72. The molecule has 0 bridgehead atoms. The largest absolute Gasteiger partial charge is 0.372 e. The lowest BCUT2D eigenvalue weighted by Crippen LogP contribution is -2.18. The topological polar surface area (TPSA) is 61.4 Å². The Bertz CT molecular complexity index is 1010. The third kappa shape index (κ3) is 4.49. The van der Waals surface area contributed by atoms with Gasteiger partial charge in [-0.25, -0.2) is 0 Å². The van der Waals surface area contributed by atoms with E-state index in [9.17, 15) is 9.59 Å². The number of hydrogen-bond donors (Lipinski definition) is 2. The molecule has 0 unspecified atom stereocenters. The Labute approximate surface area is 174 Å². The van der Waals surface area contributed by atoms with Gasteiger partial charge in [0, 0.05) is 35.7 Å². The van der Waals surface area contributed by atoms with Crippen molar-refractivity contribution in [2.24, 2.45) is 0 Å². The molecule has 3 aromatic rings. The van der Waals surface area contributed by atoms with Crippen molar-refractivity contribution < 1.29 is 9.59 Å². The number of carbonyl (C=O) groups is 2. The molecule has 0 radical (unpaired) electrons. The van der Waals surface area contributed by atoms with E-state index in [-0.39, 0.29) is 11.8 Å². The summed E-state index contributed by atoms with van der Waals surface area (Å²) in [6.45, 7) is 4.21. The Balaban J connectivity index is 1.40. The van der Waals surface area contributed by atoms with Gasteiger partial charge in [-0.1, -0.05) is 6.07 Å². The fourth-order valence-corrected chi connectivity index (χ4v) is 4.08. The Hall–Kier alpha value is -3.12.